The average molecular weight is 341 g/mol. The van der Waals surface area contributed by atoms with Gasteiger partial charge in [0.15, 0.2) is 0 Å². The molecule has 1 heterocycles. The minimum Gasteiger partial charge on any atom is -0.365 e. The van der Waals surface area contributed by atoms with Crippen LogP contribution in [0.1, 0.15) is 34.5 Å². The Bertz CT molecular complexity index is 743. The van der Waals surface area contributed by atoms with E-state index in [4.69, 9.17) is 28.5 Å². The standard InChI is InChI=1S/C15H17ClN4O.ClH/c1-9(11-4-2-3-10(5-11)7-17)20-8-12(16)6-13(14(20)18)15(19)21;/h2-6,8-9,18H,7,17H2,1H3,(H2,19,21);1H/t9-;/m0./s1. The monoisotopic (exact) mass is 340 g/mol. The van der Waals surface area contributed by atoms with E-state index >= 15 is 0 Å². The van der Waals surface area contributed by atoms with Gasteiger partial charge >= 0.3 is 0 Å². The van der Waals surface area contributed by atoms with Crippen LogP contribution in [-0.4, -0.2) is 10.5 Å². The van der Waals surface area contributed by atoms with Crippen LogP contribution >= 0.6 is 24.0 Å². The maximum Gasteiger partial charge on any atom is 0.252 e. The van der Waals surface area contributed by atoms with Gasteiger partial charge in [-0.3, -0.25) is 10.2 Å². The van der Waals surface area contributed by atoms with Gasteiger partial charge in [-0.25, -0.2) is 0 Å². The van der Waals surface area contributed by atoms with E-state index in [0.717, 1.165) is 11.1 Å². The summed E-state index contributed by atoms with van der Waals surface area (Å²) >= 11 is 6.02. The van der Waals surface area contributed by atoms with Crippen molar-refractivity contribution in [1.29, 1.82) is 5.41 Å². The SMILES string of the molecule is C[C@@H](c1cccc(CN)c1)n1cc(Cl)cc(C(N)=O)c1=N.Cl. The van der Waals surface area contributed by atoms with Crippen molar-refractivity contribution in [1.82, 2.24) is 4.57 Å². The number of pyridine rings is 1. The first kappa shape index (κ1) is 18.2. The van der Waals surface area contributed by atoms with E-state index in [2.05, 4.69) is 0 Å². The first-order chi connectivity index (χ1) is 9.93. The van der Waals surface area contributed by atoms with Gasteiger partial charge in [0.1, 0.15) is 5.49 Å². The minimum atomic E-state index is -0.667. The Kier molecular flexibility index (Phi) is 6.17. The molecule has 0 saturated heterocycles. The van der Waals surface area contributed by atoms with E-state index in [1.807, 2.05) is 31.2 Å². The van der Waals surface area contributed by atoms with Crippen LogP contribution in [0.15, 0.2) is 36.5 Å². The molecule has 7 heteroatoms. The predicted molar refractivity (Wildman–Crippen MR) is 89.2 cm³/mol. The molecule has 0 aliphatic heterocycles. The number of nitrogens with two attached hydrogens (primary N) is 2. The lowest BCUT2D eigenvalue weighted by molar-refractivity contribution is 0.0997. The largest absolute Gasteiger partial charge is 0.365 e. The molecule has 0 saturated carbocycles. The van der Waals surface area contributed by atoms with Gasteiger partial charge in [-0.15, -0.1) is 12.4 Å². The van der Waals surface area contributed by atoms with Crippen molar-refractivity contribution in [3.63, 3.8) is 0 Å². The van der Waals surface area contributed by atoms with Crippen molar-refractivity contribution < 1.29 is 4.79 Å². The van der Waals surface area contributed by atoms with Crippen molar-refractivity contribution in [3.8, 4) is 0 Å². The van der Waals surface area contributed by atoms with Crippen molar-refractivity contribution in [2.24, 2.45) is 11.5 Å². The van der Waals surface area contributed by atoms with Crippen LogP contribution in [0, 0.1) is 5.41 Å². The fourth-order valence-corrected chi connectivity index (χ4v) is 2.43. The van der Waals surface area contributed by atoms with Crippen LogP contribution < -0.4 is 17.0 Å². The number of halogens is 2. The van der Waals surface area contributed by atoms with Gasteiger partial charge in [-0.2, -0.15) is 0 Å². The van der Waals surface area contributed by atoms with Gasteiger partial charge in [0.05, 0.1) is 16.6 Å². The fraction of sp³-hybridized carbons (Fsp3) is 0.200. The number of benzene rings is 1. The van der Waals surface area contributed by atoms with Gasteiger partial charge < -0.3 is 16.0 Å². The highest BCUT2D eigenvalue weighted by molar-refractivity contribution is 6.30. The van der Waals surface area contributed by atoms with Gasteiger partial charge in [0, 0.05) is 12.7 Å². The summed E-state index contributed by atoms with van der Waals surface area (Å²) in [4.78, 5) is 11.4. The van der Waals surface area contributed by atoms with Gasteiger partial charge in [0.2, 0.25) is 0 Å². The second-order valence-corrected chi connectivity index (χ2v) is 5.25. The molecule has 118 valence electrons. The van der Waals surface area contributed by atoms with Crippen molar-refractivity contribution in [2.45, 2.75) is 19.5 Å². The van der Waals surface area contributed by atoms with Gasteiger partial charge in [-0.05, 0) is 24.1 Å². The first-order valence-electron chi connectivity index (χ1n) is 6.49. The molecule has 0 radical (unpaired) electrons. The van der Waals surface area contributed by atoms with Crippen molar-refractivity contribution >= 4 is 29.9 Å². The second kappa shape index (κ2) is 7.45. The normalized spacial score (nSPS) is 11.6. The number of nitrogens with one attached hydrogen (secondary N) is 1. The Hall–Kier alpha value is -1.82. The number of carbonyl (C=O) groups excluding carboxylic acids is 1. The number of hydrogen-bond acceptors (Lipinski definition) is 3. The molecule has 1 aromatic carbocycles. The average Bonchev–Trinajstić information content (AvgIpc) is 2.48. The number of hydrogen-bond donors (Lipinski definition) is 3. The van der Waals surface area contributed by atoms with Crippen LogP contribution in [0.5, 0.6) is 0 Å². The number of carbonyl (C=O) groups is 1. The molecule has 0 aliphatic rings. The smallest absolute Gasteiger partial charge is 0.252 e. The van der Waals surface area contributed by atoms with Crippen LogP contribution in [0.4, 0.5) is 0 Å². The molecule has 22 heavy (non-hydrogen) atoms. The molecule has 0 spiro atoms. The summed E-state index contributed by atoms with van der Waals surface area (Å²) in [5.74, 6) is -0.667. The molecule has 0 unspecified atom stereocenters. The molecule has 5 nitrogen and oxygen atoms in total. The molecule has 2 rings (SSSR count). The van der Waals surface area contributed by atoms with Gasteiger partial charge in [-0.1, -0.05) is 35.9 Å². The zero-order valence-electron chi connectivity index (χ0n) is 12.0. The zero-order valence-corrected chi connectivity index (χ0v) is 13.6. The lowest BCUT2D eigenvalue weighted by Crippen LogP contribution is -2.31. The third-order valence-electron chi connectivity index (χ3n) is 3.41. The molecule has 0 aliphatic carbocycles. The first-order valence-corrected chi connectivity index (χ1v) is 6.86. The van der Waals surface area contributed by atoms with Crippen LogP contribution in [0.25, 0.3) is 0 Å². The summed E-state index contributed by atoms with van der Waals surface area (Å²) in [5, 5.41) is 8.49. The summed E-state index contributed by atoms with van der Waals surface area (Å²) in [6, 6.07) is 9.02. The molecule has 1 atom stereocenters. The van der Waals surface area contributed by atoms with E-state index in [0.29, 0.717) is 11.6 Å². The molecule has 0 bridgehead atoms. The van der Waals surface area contributed by atoms with Crippen molar-refractivity contribution in [2.75, 3.05) is 0 Å². The van der Waals surface area contributed by atoms with E-state index in [9.17, 15) is 4.79 Å². The van der Waals surface area contributed by atoms with E-state index in [1.54, 1.807) is 10.8 Å². The minimum absolute atomic E-state index is 0. The Morgan fingerprint density at radius 2 is 2.09 bits per heavy atom. The van der Waals surface area contributed by atoms with Gasteiger partial charge in [0.25, 0.3) is 5.91 Å². The maximum atomic E-state index is 11.4. The maximum absolute atomic E-state index is 11.4. The number of amides is 1. The lowest BCUT2D eigenvalue weighted by Gasteiger charge is -2.19. The van der Waals surface area contributed by atoms with Crippen molar-refractivity contribution in [3.05, 3.63) is 63.7 Å². The molecule has 2 aromatic rings. The highest BCUT2D eigenvalue weighted by Crippen LogP contribution is 2.19. The third kappa shape index (κ3) is 3.68. The number of aromatic nitrogens is 1. The predicted octanol–water partition coefficient (Wildman–Crippen LogP) is 2.21. The highest BCUT2D eigenvalue weighted by Gasteiger charge is 2.14. The highest BCUT2D eigenvalue weighted by atomic mass is 35.5. The molecule has 0 fully saturated rings. The third-order valence-corrected chi connectivity index (χ3v) is 3.62. The fourth-order valence-electron chi connectivity index (χ4n) is 2.21. The number of rotatable bonds is 4. The summed E-state index contributed by atoms with van der Waals surface area (Å²) in [5.41, 5.74) is 13.1. The Labute approximate surface area is 139 Å². The Morgan fingerprint density at radius 3 is 2.68 bits per heavy atom. The van der Waals surface area contributed by atoms with Crippen LogP contribution in [-0.2, 0) is 6.54 Å². The van der Waals surface area contributed by atoms with Crippen LogP contribution in [0.3, 0.4) is 0 Å². The second-order valence-electron chi connectivity index (χ2n) is 4.82. The topological polar surface area (TPSA) is 97.9 Å². The van der Waals surface area contributed by atoms with E-state index in [-0.39, 0.29) is 29.5 Å². The Balaban J connectivity index is 0.00000242. The zero-order chi connectivity index (χ0) is 15.6. The summed E-state index contributed by atoms with van der Waals surface area (Å²) in [6.07, 6.45) is 1.62. The quantitative estimate of drug-likeness (QED) is 0.795. The molecular formula is C15H18Cl2N4O. The summed E-state index contributed by atoms with van der Waals surface area (Å²) < 4.78 is 1.62. The molecular weight excluding hydrogens is 323 g/mol. The molecule has 1 amide bonds. The number of nitrogens with zero attached hydrogens (tertiary/aromatic N) is 1. The Morgan fingerprint density at radius 1 is 1.41 bits per heavy atom. The summed E-state index contributed by atoms with van der Waals surface area (Å²) in [6.45, 7) is 2.37. The molecule has 1 aromatic heterocycles. The van der Waals surface area contributed by atoms with E-state index < -0.39 is 5.91 Å². The lowest BCUT2D eigenvalue weighted by atomic mass is 10.0. The molecule has 5 N–H and O–H groups in total. The number of primary amides is 1. The van der Waals surface area contributed by atoms with Crippen LogP contribution in [0.2, 0.25) is 5.02 Å². The van der Waals surface area contributed by atoms with E-state index in [1.165, 1.54) is 6.07 Å². The summed E-state index contributed by atoms with van der Waals surface area (Å²) in [7, 11) is 0.